The Labute approximate surface area is 145 Å². The Morgan fingerprint density at radius 2 is 2.12 bits per heavy atom. The highest BCUT2D eigenvalue weighted by atomic mass is 16.3. The molecule has 2 aliphatic heterocycles. The van der Waals surface area contributed by atoms with E-state index in [0.29, 0.717) is 13.0 Å². The Morgan fingerprint density at radius 1 is 1.28 bits per heavy atom. The average Bonchev–Trinajstić information content (AvgIpc) is 2.99. The van der Waals surface area contributed by atoms with Crippen molar-refractivity contribution in [2.75, 3.05) is 6.54 Å². The number of nitrogens with zero attached hydrogens (tertiary/aromatic N) is 1. The van der Waals surface area contributed by atoms with Gasteiger partial charge in [0.1, 0.15) is 5.60 Å². The van der Waals surface area contributed by atoms with Crippen LogP contribution in [0.2, 0.25) is 0 Å². The van der Waals surface area contributed by atoms with Gasteiger partial charge >= 0.3 is 0 Å². The minimum absolute atomic E-state index is 0.113. The normalized spacial score (nSPS) is 24.2. The van der Waals surface area contributed by atoms with Gasteiger partial charge in [0, 0.05) is 29.6 Å². The van der Waals surface area contributed by atoms with Crippen molar-refractivity contribution in [2.45, 2.75) is 31.9 Å². The van der Waals surface area contributed by atoms with Crippen molar-refractivity contribution >= 4 is 16.6 Å². The van der Waals surface area contributed by atoms with Crippen molar-refractivity contribution in [3.05, 3.63) is 75.1 Å². The first kappa shape index (κ1) is 14.7. The molecule has 0 amide bonds. The number of hydrogen-bond donors (Lipinski definition) is 2. The molecule has 1 unspecified atom stereocenters. The predicted octanol–water partition coefficient (Wildman–Crippen LogP) is 3.10. The van der Waals surface area contributed by atoms with Crippen LogP contribution < -0.4 is 5.43 Å². The molecule has 5 rings (SSSR count). The molecular weight excluding hydrogens is 312 g/mol. The van der Waals surface area contributed by atoms with Gasteiger partial charge < -0.3 is 15.0 Å². The second-order valence-corrected chi connectivity index (χ2v) is 7.14. The summed E-state index contributed by atoms with van der Waals surface area (Å²) in [5, 5.41) is 11.7. The largest absolute Gasteiger partial charge is 0.381 e. The Kier molecular flexibility index (Phi) is 2.92. The number of fused-ring (bicyclic) bond motifs is 4. The summed E-state index contributed by atoms with van der Waals surface area (Å²) in [7, 11) is 0. The van der Waals surface area contributed by atoms with Crippen LogP contribution in [-0.4, -0.2) is 27.1 Å². The highest BCUT2D eigenvalue weighted by Crippen LogP contribution is 2.42. The number of aliphatic hydroxyl groups is 1. The Bertz CT molecular complexity index is 1060. The smallest absolute Gasteiger partial charge is 0.195 e. The first-order valence-corrected chi connectivity index (χ1v) is 8.84. The molecule has 1 aliphatic carbocycles. The molecule has 3 aliphatic rings. The van der Waals surface area contributed by atoms with Crippen LogP contribution >= 0.6 is 0 Å². The fourth-order valence-electron chi connectivity index (χ4n) is 4.34. The molecule has 0 radical (unpaired) electrons. The second kappa shape index (κ2) is 4.96. The molecule has 3 heterocycles. The zero-order valence-corrected chi connectivity index (χ0v) is 14.2. The van der Waals surface area contributed by atoms with E-state index in [0.717, 1.165) is 46.4 Å². The molecule has 2 N–H and O–H groups in total. The Balaban J connectivity index is 1.72. The summed E-state index contributed by atoms with van der Waals surface area (Å²) in [6.07, 6.45) is 7.57. The third kappa shape index (κ3) is 1.94. The van der Waals surface area contributed by atoms with Crippen LogP contribution in [-0.2, 0) is 6.54 Å². The van der Waals surface area contributed by atoms with Gasteiger partial charge in [0.2, 0.25) is 0 Å². The van der Waals surface area contributed by atoms with E-state index in [9.17, 15) is 9.90 Å². The van der Waals surface area contributed by atoms with Gasteiger partial charge in [-0.1, -0.05) is 31.2 Å². The molecule has 1 aromatic heterocycles. The molecule has 25 heavy (non-hydrogen) atoms. The van der Waals surface area contributed by atoms with Crippen LogP contribution in [0.5, 0.6) is 0 Å². The predicted molar refractivity (Wildman–Crippen MR) is 99.0 cm³/mol. The van der Waals surface area contributed by atoms with Crippen molar-refractivity contribution < 1.29 is 5.11 Å². The SMILES string of the molecule is CCC1(O)C=CCC2=C1C=C1c3[nH]c4ccccc4c(=O)c3CN1C2. The lowest BCUT2D eigenvalue weighted by atomic mass is 9.80. The lowest BCUT2D eigenvalue weighted by molar-refractivity contribution is 0.124. The molecule has 0 bridgehead atoms. The molecule has 0 saturated heterocycles. The molecule has 126 valence electrons. The summed E-state index contributed by atoms with van der Waals surface area (Å²) in [5.74, 6) is 0. The zero-order chi connectivity index (χ0) is 17.2. The number of para-hydroxylation sites is 1. The van der Waals surface area contributed by atoms with Gasteiger partial charge in [0.25, 0.3) is 0 Å². The quantitative estimate of drug-likeness (QED) is 0.789. The van der Waals surface area contributed by atoms with Crippen LogP contribution in [0.1, 0.15) is 31.0 Å². The minimum atomic E-state index is -0.896. The van der Waals surface area contributed by atoms with Gasteiger partial charge in [-0.05, 0) is 42.2 Å². The van der Waals surface area contributed by atoms with Crippen molar-refractivity contribution in [2.24, 2.45) is 0 Å². The number of H-pyrrole nitrogens is 1. The molecule has 1 aromatic carbocycles. The second-order valence-electron chi connectivity index (χ2n) is 7.14. The molecule has 0 spiro atoms. The summed E-state index contributed by atoms with van der Waals surface area (Å²) in [6, 6.07) is 7.66. The van der Waals surface area contributed by atoms with Gasteiger partial charge in [-0.2, -0.15) is 0 Å². The van der Waals surface area contributed by atoms with Gasteiger partial charge in [-0.3, -0.25) is 4.79 Å². The standard InChI is InChI=1S/C21H20N2O2/c1-2-21(25)9-5-6-13-11-23-12-15-19(18(23)10-16(13)21)22-17-8-4-3-7-14(17)20(15)24/h3-5,7-10,25H,2,6,11-12H2,1H3,(H,22,24). The van der Waals surface area contributed by atoms with E-state index in [1.54, 1.807) is 0 Å². The highest BCUT2D eigenvalue weighted by Gasteiger charge is 2.37. The number of rotatable bonds is 1. The molecule has 1 atom stereocenters. The lowest BCUT2D eigenvalue weighted by Crippen LogP contribution is -2.35. The summed E-state index contributed by atoms with van der Waals surface area (Å²) in [5.41, 5.74) is 5.10. The molecule has 4 nitrogen and oxygen atoms in total. The van der Waals surface area contributed by atoms with E-state index in [1.165, 1.54) is 5.57 Å². The van der Waals surface area contributed by atoms with Crippen LogP contribution in [0, 0.1) is 0 Å². The Hall–Kier alpha value is -2.59. The first-order chi connectivity index (χ1) is 12.1. The van der Waals surface area contributed by atoms with E-state index in [4.69, 9.17) is 0 Å². The number of pyridine rings is 1. The number of allylic oxidation sites excluding steroid dienone is 1. The van der Waals surface area contributed by atoms with Crippen LogP contribution in [0.3, 0.4) is 0 Å². The lowest BCUT2D eigenvalue weighted by Gasteiger charge is -2.36. The molecule has 2 aromatic rings. The van der Waals surface area contributed by atoms with E-state index in [2.05, 4.69) is 22.0 Å². The van der Waals surface area contributed by atoms with Crippen molar-refractivity contribution in [1.82, 2.24) is 9.88 Å². The summed E-state index contributed by atoms with van der Waals surface area (Å²) < 4.78 is 0. The van der Waals surface area contributed by atoms with Crippen LogP contribution in [0.15, 0.2) is 58.4 Å². The summed E-state index contributed by atoms with van der Waals surface area (Å²) >= 11 is 0. The fraction of sp³-hybridized carbons (Fsp3) is 0.286. The average molecular weight is 332 g/mol. The maximum atomic E-state index is 12.9. The molecule has 4 heteroatoms. The maximum absolute atomic E-state index is 12.9. The van der Waals surface area contributed by atoms with Gasteiger partial charge in [-0.25, -0.2) is 0 Å². The number of aromatic amines is 1. The number of aromatic nitrogens is 1. The fourth-order valence-corrected chi connectivity index (χ4v) is 4.34. The molecular formula is C21H20N2O2. The number of benzene rings is 1. The Morgan fingerprint density at radius 3 is 2.96 bits per heavy atom. The first-order valence-electron chi connectivity index (χ1n) is 8.84. The van der Waals surface area contributed by atoms with E-state index in [-0.39, 0.29) is 5.43 Å². The maximum Gasteiger partial charge on any atom is 0.195 e. The number of nitrogens with one attached hydrogen (secondary N) is 1. The zero-order valence-electron chi connectivity index (χ0n) is 14.2. The van der Waals surface area contributed by atoms with Crippen molar-refractivity contribution in [3.63, 3.8) is 0 Å². The molecule has 0 fully saturated rings. The van der Waals surface area contributed by atoms with Gasteiger partial charge in [-0.15, -0.1) is 0 Å². The van der Waals surface area contributed by atoms with Crippen molar-refractivity contribution in [3.8, 4) is 0 Å². The van der Waals surface area contributed by atoms with Crippen LogP contribution in [0.25, 0.3) is 16.6 Å². The third-order valence-corrected chi connectivity index (χ3v) is 5.76. The minimum Gasteiger partial charge on any atom is -0.381 e. The van der Waals surface area contributed by atoms with E-state index < -0.39 is 5.60 Å². The van der Waals surface area contributed by atoms with Crippen LogP contribution in [0.4, 0.5) is 0 Å². The summed E-state index contributed by atoms with van der Waals surface area (Å²) in [6.45, 7) is 3.40. The van der Waals surface area contributed by atoms with Gasteiger partial charge in [0.15, 0.2) is 5.43 Å². The van der Waals surface area contributed by atoms with E-state index in [1.807, 2.05) is 37.3 Å². The van der Waals surface area contributed by atoms with Crippen molar-refractivity contribution in [1.29, 1.82) is 0 Å². The van der Waals surface area contributed by atoms with Gasteiger partial charge in [0.05, 0.1) is 11.4 Å². The number of hydrogen-bond acceptors (Lipinski definition) is 3. The van der Waals surface area contributed by atoms with E-state index >= 15 is 0 Å². The monoisotopic (exact) mass is 332 g/mol. The topological polar surface area (TPSA) is 56.3 Å². The highest BCUT2D eigenvalue weighted by molar-refractivity contribution is 5.84. The summed E-state index contributed by atoms with van der Waals surface area (Å²) in [4.78, 5) is 18.6. The third-order valence-electron chi connectivity index (χ3n) is 5.76. The molecule has 0 saturated carbocycles.